The third-order valence-electron chi connectivity index (χ3n) is 2.88. The van der Waals surface area contributed by atoms with Crippen LogP contribution in [0, 0.1) is 6.92 Å². The number of benzene rings is 1. The molecule has 0 aliphatic rings. The summed E-state index contributed by atoms with van der Waals surface area (Å²) < 4.78 is 26.3. The molecule has 118 valence electrons. The van der Waals surface area contributed by atoms with E-state index in [9.17, 15) is 13.2 Å². The van der Waals surface area contributed by atoms with Gasteiger partial charge in [-0.25, -0.2) is 18.1 Å². The number of amides is 1. The molecule has 0 bridgehead atoms. The van der Waals surface area contributed by atoms with Crippen LogP contribution in [-0.2, 0) is 15.8 Å². The fourth-order valence-corrected chi connectivity index (χ4v) is 3.69. The van der Waals surface area contributed by atoms with E-state index in [0.29, 0.717) is 10.6 Å². The van der Waals surface area contributed by atoms with Crippen molar-refractivity contribution in [3.05, 3.63) is 52.0 Å². The van der Waals surface area contributed by atoms with Crippen molar-refractivity contribution in [2.45, 2.75) is 12.7 Å². The molecule has 2 aromatic rings. The molecule has 0 aliphatic carbocycles. The maximum atomic E-state index is 11.9. The average Bonchev–Trinajstić information content (AvgIpc) is 2.90. The van der Waals surface area contributed by atoms with E-state index in [1.165, 1.54) is 11.3 Å². The van der Waals surface area contributed by atoms with Gasteiger partial charge in [-0.2, -0.15) is 0 Å². The van der Waals surface area contributed by atoms with E-state index in [4.69, 9.17) is 0 Å². The van der Waals surface area contributed by atoms with Crippen LogP contribution in [0.1, 0.15) is 20.9 Å². The molecule has 22 heavy (non-hydrogen) atoms. The second kappa shape index (κ2) is 7.48. The smallest absolute Gasteiger partial charge is 0.263 e. The Morgan fingerprint density at radius 2 is 1.95 bits per heavy atom. The second-order valence-corrected chi connectivity index (χ2v) is 7.32. The van der Waals surface area contributed by atoms with Gasteiger partial charge in [-0.15, -0.1) is 11.3 Å². The standard InChI is InChI=1S/C14H17N3O3S2/c1-11-13(21-10-16-11)14(18)15-7-8-17-22(19,20)9-12-5-3-2-4-6-12/h2-6,10,17H,7-9H2,1H3,(H,15,18). The van der Waals surface area contributed by atoms with Crippen LogP contribution in [0.5, 0.6) is 0 Å². The third-order valence-corrected chi connectivity index (χ3v) is 5.17. The highest BCUT2D eigenvalue weighted by Crippen LogP contribution is 2.11. The summed E-state index contributed by atoms with van der Waals surface area (Å²) in [6, 6.07) is 8.94. The first-order chi connectivity index (χ1) is 10.5. The Labute approximate surface area is 133 Å². The first kappa shape index (κ1) is 16.6. The topological polar surface area (TPSA) is 88.2 Å². The summed E-state index contributed by atoms with van der Waals surface area (Å²) in [6.45, 7) is 2.14. The highest BCUT2D eigenvalue weighted by atomic mass is 32.2. The fourth-order valence-electron chi connectivity index (χ4n) is 1.83. The van der Waals surface area contributed by atoms with Gasteiger partial charge in [-0.3, -0.25) is 4.79 Å². The molecule has 0 unspecified atom stereocenters. The molecule has 0 aliphatic heterocycles. The van der Waals surface area contributed by atoms with Crippen molar-refractivity contribution in [2.24, 2.45) is 0 Å². The van der Waals surface area contributed by atoms with E-state index in [1.54, 1.807) is 36.7 Å². The Kier molecular flexibility index (Phi) is 5.64. The van der Waals surface area contributed by atoms with Gasteiger partial charge in [0.05, 0.1) is 17.0 Å². The minimum atomic E-state index is -3.41. The molecule has 8 heteroatoms. The van der Waals surface area contributed by atoms with Crippen molar-refractivity contribution in [1.29, 1.82) is 0 Å². The molecule has 0 fully saturated rings. The number of carbonyl (C=O) groups excluding carboxylic acids is 1. The van der Waals surface area contributed by atoms with Crippen LogP contribution in [0.4, 0.5) is 0 Å². The van der Waals surface area contributed by atoms with Crippen LogP contribution in [0.2, 0.25) is 0 Å². The lowest BCUT2D eigenvalue weighted by Gasteiger charge is -2.08. The number of hydrogen-bond acceptors (Lipinski definition) is 5. The summed E-state index contributed by atoms with van der Waals surface area (Å²) in [5.41, 5.74) is 3.00. The normalized spacial score (nSPS) is 11.3. The summed E-state index contributed by atoms with van der Waals surface area (Å²) in [5, 5.41) is 2.67. The number of aromatic nitrogens is 1. The van der Waals surface area contributed by atoms with Crippen LogP contribution in [0.25, 0.3) is 0 Å². The summed E-state index contributed by atoms with van der Waals surface area (Å²) in [7, 11) is -3.41. The molecule has 2 N–H and O–H groups in total. The van der Waals surface area contributed by atoms with Crippen LogP contribution >= 0.6 is 11.3 Å². The largest absolute Gasteiger partial charge is 0.350 e. The molecule has 1 heterocycles. The van der Waals surface area contributed by atoms with Crippen LogP contribution in [0.15, 0.2) is 35.8 Å². The Hall–Kier alpha value is -1.77. The van der Waals surface area contributed by atoms with Crippen LogP contribution in [-0.4, -0.2) is 32.4 Å². The SMILES string of the molecule is Cc1ncsc1C(=O)NCCNS(=O)(=O)Cc1ccccc1. The molecule has 0 radical (unpaired) electrons. The Morgan fingerprint density at radius 3 is 2.59 bits per heavy atom. The molecule has 0 atom stereocenters. The average molecular weight is 339 g/mol. The van der Waals surface area contributed by atoms with Gasteiger partial charge in [0.2, 0.25) is 10.0 Å². The lowest BCUT2D eigenvalue weighted by molar-refractivity contribution is 0.0957. The zero-order chi connectivity index (χ0) is 16.0. The molecule has 0 spiro atoms. The van der Waals surface area contributed by atoms with Crippen molar-refractivity contribution in [2.75, 3.05) is 13.1 Å². The summed E-state index contributed by atoms with van der Waals surface area (Å²) >= 11 is 1.26. The van der Waals surface area contributed by atoms with Gasteiger partial charge in [0.1, 0.15) is 4.88 Å². The van der Waals surface area contributed by atoms with Gasteiger partial charge < -0.3 is 5.32 Å². The van der Waals surface area contributed by atoms with Crippen molar-refractivity contribution >= 4 is 27.3 Å². The number of nitrogens with zero attached hydrogens (tertiary/aromatic N) is 1. The van der Waals surface area contributed by atoms with Gasteiger partial charge in [0.25, 0.3) is 5.91 Å². The maximum absolute atomic E-state index is 11.9. The molecular formula is C14H17N3O3S2. The predicted octanol–water partition coefficient (Wildman–Crippen LogP) is 1.30. The summed E-state index contributed by atoms with van der Waals surface area (Å²) in [4.78, 5) is 16.4. The van der Waals surface area contributed by atoms with Gasteiger partial charge in [-0.1, -0.05) is 30.3 Å². The summed E-state index contributed by atoms with van der Waals surface area (Å²) in [5.74, 6) is -0.308. The number of sulfonamides is 1. The highest BCUT2D eigenvalue weighted by Gasteiger charge is 2.13. The van der Waals surface area contributed by atoms with E-state index < -0.39 is 10.0 Å². The van der Waals surface area contributed by atoms with E-state index in [2.05, 4.69) is 15.0 Å². The first-order valence-electron chi connectivity index (χ1n) is 6.67. The molecule has 0 saturated heterocycles. The number of aryl methyl sites for hydroxylation is 1. The molecule has 2 rings (SSSR count). The zero-order valence-electron chi connectivity index (χ0n) is 12.1. The Balaban J connectivity index is 1.76. The van der Waals surface area contributed by atoms with Crippen molar-refractivity contribution in [3.8, 4) is 0 Å². The molecule has 1 amide bonds. The molecule has 1 aromatic heterocycles. The van der Waals surface area contributed by atoms with Gasteiger partial charge in [0.15, 0.2) is 0 Å². The van der Waals surface area contributed by atoms with Crippen molar-refractivity contribution in [1.82, 2.24) is 15.0 Å². The predicted molar refractivity (Wildman–Crippen MR) is 86.3 cm³/mol. The van der Waals surface area contributed by atoms with E-state index in [-0.39, 0.29) is 24.7 Å². The monoisotopic (exact) mass is 339 g/mol. The number of hydrogen-bond donors (Lipinski definition) is 2. The van der Waals surface area contributed by atoms with Gasteiger partial charge in [0, 0.05) is 13.1 Å². The first-order valence-corrected chi connectivity index (χ1v) is 9.21. The maximum Gasteiger partial charge on any atom is 0.263 e. The molecule has 0 saturated carbocycles. The van der Waals surface area contributed by atoms with E-state index >= 15 is 0 Å². The quantitative estimate of drug-likeness (QED) is 0.744. The Bertz CT molecular complexity index is 727. The number of rotatable bonds is 7. The van der Waals surface area contributed by atoms with Crippen LogP contribution < -0.4 is 10.0 Å². The van der Waals surface area contributed by atoms with E-state index in [0.717, 1.165) is 5.56 Å². The minimum Gasteiger partial charge on any atom is -0.350 e. The minimum absolute atomic E-state index is 0.0737. The Morgan fingerprint density at radius 1 is 1.23 bits per heavy atom. The molecule has 1 aromatic carbocycles. The lowest BCUT2D eigenvalue weighted by atomic mass is 10.2. The molecular weight excluding hydrogens is 322 g/mol. The van der Waals surface area contributed by atoms with Gasteiger partial charge in [-0.05, 0) is 12.5 Å². The van der Waals surface area contributed by atoms with Crippen LogP contribution in [0.3, 0.4) is 0 Å². The fraction of sp³-hybridized carbons (Fsp3) is 0.286. The van der Waals surface area contributed by atoms with Crippen molar-refractivity contribution < 1.29 is 13.2 Å². The number of thiazole rings is 1. The third kappa shape index (κ3) is 4.90. The summed E-state index contributed by atoms with van der Waals surface area (Å²) in [6.07, 6.45) is 0. The van der Waals surface area contributed by atoms with E-state index in [1.807, 2.05) is 6.07 Å². The molecule has 6 nitrogen and oxygen atoms in total. The zero-order valence-corrected chi connectivity index (χ0v) is 13.7. The van der Waals surface area contributed by atoms with Gasteiger partial charge >= 0.3 is 0 Å². The number of nitrogens with one attached hydrogen (secondary N) is 2. The lowest BCUT2D eigenvalue weighted by Crippen LogP contribution is -2.35. The van der Waals surface area contributed by atoms with Crippen molar-refractivity contribution in [3.63, 3.8) is 0 Å². The second-order valence-electron chi connectivity index (χ2n) is 4.66. The number of carbonyl (C=O) groups is 1. The highest BCUT2D eigenvalue weighted by molar-refractivity contribution is 7.88.